The number of ether oxygens (including phenoxy) is 2. The van der Waals surface area contributed by atoms with E-state index in [1.165, 1.54) is 6.07 Å². The number of Topliss-reactive ketones (excluding diaryl/α,β-unsaturated/α-hetero) is 1. The molecule has 186 valence electrons. The molecule has 0 bridgehead atoms. The molecule has 2 N–H and O–H groups in total. The van der Waals surface area contributed by atoms with Crippen LogP contribution in [0.1, 0.15) is 44.8 Å². The number of rotatable bonds is 8. The minimum atomic E-state index is -1.10. The number of hydrogen-bond acceptors (Lipinski definition) is 8. The fraction of sp³-hybridized carbons (Fsp3) is 0.333. The number of carbonyl (C=O) groups is 2. The number of benzene rings is 2. The van der Waals surface area contributed by atoms with Gasteiger partial charge < -0.3 is 24.8 Å². The maximum atomic E-state index is 13.2. The molecule has 3 aromatic rings. The number of carboxylic acid groups (broad SMARTS) is 1. The number of aryl methyl sites for hydroxylation is 1. The highest BCUT2D eigenvalue weighted by Gasteiger charge is 2.33. The SMILES string of the molecule is COc1ccc(Nc2nc(N3CCC(C(=O)c4ccccc4C(=O)O)C3)nc3c2CCC3)cc1OC. The second kappa shape index (κ2) is 9.85. The molecule has 1 aromatic heterocycles. The molecular weight excluding hydrogens is 460 g/mol. The van der Waals surface area contributed by atoms with Gasteiger partial charge in [-0.1, -0.05) is 18.2 Å². The molecule has 1 atom stereocenters. The first kappa shape index (κ1) is 23.6. The maximum Gasteiger partial charge on any atom is 0.336 e. The lowest BCUT2D eigenvalue weighted by Crippen LogP contribution is -2.26. The highest BCUT2D eigenvalue weighted by Crippen LogP contribution is 2.35. The van der Waals surface area contributed by atoms with Crippen LogP contribution in [0.5, 0.6) is 11.5 Å². The van der Waals surface area contributed by atoms with Crippen LogP contribution in [0.25, 0.3) is 0 Å². The minimum absolute atomic E-state index is 0.0381. The van der Waals surface area contributed by atoms with Crippen molar-refractivity contribution >= 4 is 29.2 Å². The number of nitrogens with zero attached hydrogens (tertiary/aromatic N) is 3. The van der Waals surface area contributed by atoms with Crippen LogP contribution in [-0.2, 0) is 12.8 Å². The van der Waals surface area contributed by atoms with Crippen LogP contribution in [0.15, 0.2) is 42.5 Å². The van der Waals surface area contributed by atoms with Crippen LogP contribution in [0.2, 0.25) is 0 Å². The number of aromatic nitrogens is 2. The number of anilines is 3. The summed E-state index contributed by atoms with van der Waals surface area (Å²) in [6.07, 6.45) is 3.42. The summed E-state index contributed by atoms with van der Waals surface area (Å²) in [7, 11) is 3.20. The van der Waals surface area contributed by atoms with Gasteiger partial charge in [-0.15, -0.1) is 0 Å². The minimum Gasteiger partial charge on any atom is -0.493 e. The van der Waals surface area contributed by atoms with Gasteiger partial charge in [0.05, 0.1) is 25.5 Å². The predicted octanol–water partition coefficient (Wildman–Crippen LogP) is 4.13. The first-order valence-corrected chi connectivity index (χ1v) is 12.0. The third-order valence-corrected chi connectivity index (χ3v) is 6.83. The molecule has 0 saturated carbocycles. The zero-order valence-corrected chi connectivity index (χ0v) is 20.3. The highest BCUT2D eigenvalue weighted by molar-refractivity contribution is 6.07. The summed E-state index contributed by atoms with van der Waals surface area (Å²) in [4.78, 5) is 36.5. The van der Waals surface area contributed by atoms with E-state index in [0.717, 1.165) is 42.0 Å². The van der Waals surface area contributed by atoms with E-state index >= 15 is 0 Å². The first-order valence-electron chi connectivity index (χ1n) is 12.0. The van der Waals surface area contributed by atoms with Crippen LogP contribution >= 0.6 is 0 Å². The lowest BCUT2D eigenvalue weighted by molar-refractivity contribution is 0.0690. The number of carboxylic acids is 1. The summed E-state index contributed by atoms with van der Waals surface area (Å²) in [5.41, 5.74) is 3.24. The molecule has 0 spiro atoms. The quantitative estimate of drug-likeness (QED) is 0.452. The standard InChI is InChI=1S/C27H28N4O5/c1-35-22-11-10-17(14-23(22)36-2)28-25-20-8-5-9-21(20)29-27(30-25)31-13-12-16(15-31)24(32)18-6-3-4-7-19(18)26(33)34/h3-4,6-7,10-11,14,16H,5,8-9,12-13,15H2,1-2H3,(H,33,34)(H,28,29,30). The molecule has 0 amide bonds. The Morgan fingerprint density at radius 2 is 1.81 bits per heavy atom. The average Bonchev–Trinajstić information content (AvgIpc) is 3.58. The maximum absolute atomic E-state index is 13.2. The van der Waals surface area contributed by atoms with E-state index in [9.17, 15) is 14.7 Å². The van der Waals surface area contributed by atoms with Crippen molar-refractivity contribution in [1.29, 1.82) is 0 Å². The number of fused-ring (bicyclic) bond motifs is 1. The molecule has 1 unspecified atom stereocenters. The number of nitrogens with one attached hydrogen (secondary N) is 1. The van der Waals surface area contributed by atoms with Crippen molar-refractivity contribution < 1.29 is 24.2 Å². The zero-order chi connectivity index (χ0) is 25.2. The van der Waals surface area contributed by atoms with E-state index in [0.29, 0.717) is 37.0 Å². The van der Waals surface area contributed by atoms with E-state index < -0.39 is 5.97 Å². The summed E-state index contributed by atoms with van der Waals surface area (Å²) in [5.74, 6) is 1.04. The van der Waals surface area contributed by atoms with Crippen molar-refractivity contribution in [3.05, 3.63) is 64.8 Å². The second-order valence-corrected chi connectivity index (χ2v) is 8.99. The number of ketones is 1. The van der Waals surface area contributed by atoms with Gasteiger partial charge in [-0.2, -0.15) is 4.98 Å². The normalized spacial score (nSPS) is 16.5. The molecule has 0 radical (unpaired) electrons. The predicted molar refractivity (Wildman–Crippen MR) is 135 cm³/mol. The zero-order valence-electron chi connectivity index (χ0n) is 20.3. The largest absolute Gasteiger partial charge is 0.493 e. The Kier molecular flexibility index (Phi) is 6.45. The Bertz CT molecular complexity index is 1330. The Labute approximate surface area is 209 Å². The second-order valence-electron chi connectivity index (χ2n) is 8.99. The number of methoxy groups -OCH3 is 2. The van der Waals surface area contributed by atoms with Crippen LogP contribution in [0.4, 0.5) is 17.5 Å². The summed E-state index contributed by atoms with van der Waals surface area (Å²) < 4.78 is 10.8. The summed E-state index contributed by atoms with van der Waals surface area (Å²) >= 11 is 0. The van der Waals surface area contributed by atoms with Crippen LogP contribution in [0, 0.1) is 5.92 Å². The smallest absolute Gasteiger partial charge is 0.336 e. The highest BCUT2D eigenvalue weighted by atomic mass is 16.5. The third kappa shape index (κ3) is 4.44. The van der Waals surface area contributed by atoms with E-state index in [-0.39, 0.29) is 22.8 Å². The lowest BCUT2D eigenvalue weighted by atomic mass is 9.93. The van der Waals surface area contributed by atoms with E-state index in [1.54, 1.807) is 32.4 Å². The molecule has 9 heteroatoms. The third-order valence-electron chi connectivity index (χ3n) is 6.83. The van der Waals surface area contributed by atoms with Gasteiger partial charge in [0.1, 0.15) is 5.82 Å². The van der Waals surface area contributed by atoms with Crippen molar-refractivity contribution in [2.75, 3.05) is 37.5 Å². The molecule has 2 aliphatic rings. The van der Waals surface area contributed by atoms with Crippen molar-refractivity contribution in [3.63, 3.8) is 0 Å². The van der Waals surface area contributed by atoms with Crippen molar-refractivity contribution in [1.82, 2.24) is 9.97 Å². The number of carbonyl (C=O) groups excluding carboxylic acids is 1. The van der Waals surface area contributed by atoms with E-state index in [1.807, 2.05) is 23.1 Å². The fourth-order valence-electron chi connectivity index (χ4n) is 4.98. The molecule has 1 aliphatic carbocycles. The summed E-state index contributed by atoms with van der Waals surface area (Å²) in [6, 6.07) is 12.0. The van der Waals surface area contributed by atoms with Crippen LogP contribution in [0.3, 0.4) is 0 Å². The van der Waals surface area contributed by atoms with Crippen LogP contribution in [-0.4, -0.2) is 54.1 Å². The van der Waals surface area contributed by atoms with Gasteiger partial charge in [0.25, 0.3) is 0 Å². The van der Waals surface area contributed by atoms with Crippen molar-refractivity contribution in [2.24, 2.45) is 5.92 Å². The van der Waals surface area contributed by atoms with Gasteiger partial charge in [0.15, 0.2) is 17.3 Å². The van der Waals surface area contributed by atoms with Gasteiger partial charge in [0.2, 0.25) is 5.95 Å². The molecule has 1 aliphatic heterocycles. The Morgan fingerprint density at radius 1 is 1.03 bits per heavy atom. The molecule has 9 nitrogen and oxygen atoms in total. The van der Waals surface area contributed by atoms with E-state index in [2.05, 4.69) is 5.32 Å². The topological polar surface area (TPSA) is 114 Å². The molecule has 2 heterocycles. The van der Waals surface area contributed by atoms with Crippen molar-refractivity contribution in [2.45, 2.75) is 25.7 Å². The molecule has 2 aromatic carbocycles. The molecule has 1 saturated heterocycles. The van der Waals surface area contributed by atoms with Gasteiger partial charge in [-0.3, -0.25) is 4.79 Å². The average molecular weight is 489 g/mol. The first-order chi connectivity index (χ1) is 17.5. The Hall–Kier alpha value is -4.14. The fourth-order valence-corrected chi connectivity index (χ4v) is 4.98. The molecule has 5 rings (SSSR count). The number of aromatic carboxylic acids is 1. The van der Waals surface area contributed by atoms with Gasteiger partial charge in [-0.25, -0.2) is 9.78 Å². The van der Waals surface area contributed by atoms with Crippen LogP contribution < -0.4 is 19.7 Å². The molecule has 1 fully saturated rings. The van der Waals surface area contributed by atoms with E-state index in [4.69, 9.17) is 19.4 Å². The Morgan fingerprint density at radius 3 is 2.56 bits per heavy atom. The summed E-state index contributed by atoms with van der Waals surface area (Å²) in [6.45, 7) is 1.07. The number of hydrogen-bond donors (Lipinski definition) is 2. The van der Waals surface area contributed by atoms with Crippen molar-refractivity contribution in [3.8, 4) is 11.5 Å². The summed E-state index contributed by atoms with van der Waals surface area (Å²) in [5, 5.41) is 12.9. The van der Waals surface area contributed by atoms with Gasteiger partial charge in [-0.05, 0) is 43.9 Å². The molecular formula is C27H28N4O5. The van der Waals surface area contributed by atoms with Gasteiger partial charge >= 0.3 is 5.97 Å². The molecule has 36 heavy (non-hydrogen) atoms. The Balaban J connectivity index is 1.39. The monoisotopic (exact) mass is 488 g/mol. The lowest BCUT2D eigenvalue weighted by Gasteiger charge is -2.20. The van der Waals surface area contributed by atoms with Gasteiger partial charge in [0, 0.05) is 41.9 Å².